The second kappa shape index (κ2) is 7.12. The summed E-state index contributed by atoms with van der Waals surface area (Å²) in [5.74, 6) is -0.448. The van der Waals surface area contributed by atoms with Gasteiger partial charge in [0.15, 0.2) is 0 Å². The summed E-state index contributed by atoms with van der Waals surface area (Å²) in [6.45, 7) is 5.59. The van der Waals surface area contributed by atoms with Crippen LogP contribution in [0.2, 0.25) is 0 Å². The van der Waals surface area contributed by atoms with Crippen LogP contribution in [0.15, 0.2) is 36.4 Å². The van der Waals surface area contributed by atoms with Crippen molar-refractivity contribution in [2.24, 2.45) is 0 Å². The number of ether oxygens (including phenoxy) is 1. The number of rotatable bonds is 6. The average molecular weight is 286 g/mol. The van der Waals surface area contributed by atoms with E-state index in [1.54, 1.807) is 13.0 Å². The summed E-state index contributed by atoms with van der Waals surface area (Å²) >= 11 is 0. The Kier molecular flexibility index (Phi) is 5.80. The van der Waals surface area contributed by atoms with Crippen molar-refractivity contribution in [2.75, 3.05) is 6.61 Å². The second-order valence-electron chi connectivity index (χ2n) is 4.38. The minimum Gasteiger partial charge on any atom is -0.463 e. The van der Waals surface area contributed by atoms with Gasteiger partial charge in [0.1, 0.15) is 0 Å². The first-order valence-corrected chi connectivity index (χ1v) is 6.35. The third kappa shape index (κ3) is 5.07. The lowest BCUT2D eigenvalue weighted by atomic mass is 10.0. The highest BCUT2D eigenvalue weighted by molar-refractivity contribution is 5.87. The normalized spacial score (nSPS) is 11.2. The zero-order valence-corrected chi connectivity index (χ0v) is 11.3. The highest BCUT2D eigenvalue weighted by atomic mass is 19.4. The molecule has 0 saturated carbocycles. The Hall–Kier alpha value is -1.78. The first-order chi connectivity index (χ1) is 9.34. The summed E-state index contributed by atoms with van der Waals surface area (Å²) in [7, 11) is 0. The van der Waals surface area contributed by atoms with Gasteiger partial charge in [-0.3, -0.25) is 0 Å². The van der Waals surface area contributed by atoms with E-state index in [0.29, 0.717) is 30.4 Å². The zero-order chi connectivity index (χ0) is 15.2. The topological polar surface area (TPSA) is 26.3 Å². The van der Waals surface area contributed by atoms with Crippen LogP contribution in [0, 0.1) is 0 Å². The number of hydrogen-bond donors (Lipinski definition) is 0. The predicted octanol–water partition coefficient (Wildman–Crippen LogP) is 4.15. The van der Waals surface area contributed by atoms with Crippen LogP contribution >= 0.6 is 0 Å². The summed E-state index contributed by atoms with van der Waals surface area (Å²) in [6.07, 6.45) is -2.90. The Balaban J connectivity index is 2.51. The van der Waals surface area contributed by atoms with E-state index in [9.17, 15) is 18.0 Å². The molecule has 0 aliphatic carbocycles. The van der Waals surface area contributed by atoms with Crippen LogP contribution in [0.5, 0.6) is 0 Å². The number of carbonyl (C=O) groups is 1. The summed E-state index contributed by atoms with van der Waals surface area (Å²) in [4.78, 5) is 11.3. The molecular weight excluding hydrogens is 269 g/mol. The molecule has 0 aliphatic heterocycles. The van der Waals surface area contributed by atoms with Gasteiger partial charge in [-0.05, 0) is 37.8 Å². The van der Waals surface area contributed by atoms with E-state index in [1.165, 1.54) is 6.07 Å². The van der Waals surface area contributed by atoms with Gasteiger partial charge in [-0.2, -0.15) is 13.2 Å². The van der Waals surface area contributed by atoms with Crippen LogP contribution in [0.4, 0.5) is 13.2 Å². The van der Waals surface area contributed by atoms with E-state index in [-0.39, 0.29) is 6.61 Å². The number of halogens is 3. The molecule has 0 heterocycles. The van der Waals surface area contributed by atoms with Crippen molar-refractivity contribution in [2.45, 2.75) is 32.4 Å². The number of hydrogen-bond acceptors (Lipinski definition) is 2. The minimum absolute atomic E-state index is 0.283. The Labute approximate surface area is 116 Å². The molecule has 0 unspecified atom stereocenters. The fourth-order valence-electron chi connectivity index (χ4n) is 1.74. The maximum atomic E-state index is 12.5. The van der Waals surface area contributed by atoms with Crippen LogP contribution in [0.1, 0.15) is 30.9 Å². The van der Waals surface area contributed by atoms with Gasteiger partial charge in [-0.1, -0.05) is 24.8 Å². The van der Waals surface area contributed by atoms with E-state index in [2.05, 4.69) is 6.58 Å². The van der Waals surface area contributed by atoms with Gasteiger partial charge < -0.3 is 4.74 Å². The summed E-state index contributed by atoms with van der Waals surface area (Å²) in [5.41, 5.74) is 0.287. The average Bonchev–Trinajstić information content (AvgIpc) is 2.38. The van der Waals surface area contributed by atoms with E-state index < -0.39 is 17.7 Å². The maximum Gasteiger partial charge on any atom is 0.416 e. The highest BCUT2D eigenvalue weighted by Gasteiger charge is 2.30. The Morgan fingerprint density at radius 2 is 2.05 bits per heavy atom. The van der Waals surface area contributed by atoms with Crippen molar-refractivity contribution < 1.29 is 22.7 Å². The van der Waals surface area contributed by atoms with E-state index in [4.69, 9.17) is 4.74 Å². The molecule has 20 heavy (non-hydrogen) atoms. The minimum atomic E-state index is -4.33. The van der Waals surface area contributed by atoms with Crippen LogP contribution in [-0.4, -0.2) is 12.6 Å². The molecule has 5 heteroatoms. The van der Waals surface area contributed by atoms with E-state index in [0.717, 1.165) is 12.1 Å². The lowest BCUT2D eigenvalue weighted by Crippen LogP contribution is -2.07. The smallest absolute Gasteiger partial charge is 0.416 e. The van der Waals surface area contributed by atoms with Crippen molar-refractivity contribution in [1.82, 2.24) is 0 Å². The molecule has 0 atom stereocenters. The molecule has 110 valence electrons. The van der Waals surface area contributed by atoms with Crippen LogP contribution in [0.25, 0.3) is 0 Å². The summed E-state index contributed by atoms with van der Waals surface area (Å²) in [6, 6.07) is 5.20. The molecule has 0 fully saturated rings. The SMILES string of the molecule is C=C(CCCc1cccc(C(F)(F)F)c1)C(=O)OCC. The molecule has 0 saturated heterocycles. The number of benzene rings is 1. The zero-order valence-electron chi connectivity index (χ0n) is 11.3. The maximum absolute atomic E-state index is 12.5. The van der Waals surface area contributed by atoms with Gasteiger partial charge in [0.25, 0.3) is 0 Å². The van der Waals surface area contributed by atoms with Crippen molar-refractivity contribution in [3.63, 3.8) is 0 Å². The van der Waals surface area contributed by atoms with Gasteiger partial charge in [0.05, 0.1) is 12.2 Å². The molecule has 0 amide bonds. The Morgan fingerprint density at radius 1 is 1.35 bits per heavy atom. The van der Waals surface area contributed by atoms with Gasteiger partial charge >= 0.3 is 12.1 Å². The monoisotopic (exact) mass is 286 g/mol. The van der Waals surface area contributed by atoms with Gasteiger partial charge in [-0.25, -0.2) is 4.79 Å². The first kappa shape index (κ1) is 16.3. The van der Waals surface area contributed by atoms with Gasteiger partial charge in [0.2, 0.25) is 0 Å². The predicted molar refractivity (Wildman–Crippen MR) is 70.2 cm³/mol. The van der Waals surface area contributed by atoms with Gasteiger partial charge in [0, 0.05) is 5.57 Å². The van der Waals surface area contributed by atoms with Crippen LogP contribution in [-0.2, 0) is 22.1 Å². The highest BCUT2D eigenvalue weighted by Crippen LogP contribution is 2.29. The quantitative estimate of drug-likeness (QED) is 0.580. The van der Waals surface area contributed by atoms with Crippen molar-refractivity contribution in [3.05, 3.63) is 47.5 Å². The summed E-state index contributed by atoms with van der Waals surface area (Å²) < 4.78 is 42.4. The molecule has 0 aliphatic rings. The van der Waals surface area contributed by atoms with Crippen LogP contribution < -0.4 is 0 Å². The molecule has 0 spiro atoms. The molecule has 0 radical (unpaired) electrons. The van der Waals surface area contributed by atoms with Gasteiger partial charge in [-0.15, -0.1) is 0 Å². The van der Waals surface area contributed by atoms with E-state index in [1.807, 2.05) is 0 Å². The van der Waals surface area contributed by atoms with Crippen molar-refractivity contribution in [1.29, 1.82) is 0 Å². The molecular formula is C15H17F3O2. The van der Waals surface area contributed by atoms with Crippen molar-refractivity contribution in [3.8, 4) is 0 Å². The fourth-order valence-corrected chi connectivity index (χ4v) is 1.74. The van der Waals surface area contributed by atoms with Crippen LogP contribution in [0.3, 0.4) is 0 Å². The number of esters is 1. The third-order valence-electron chi connectivity index (χ3n) is 2.76. The standard InChI is InChI=1S/C15H17F3O2/c1-3-20-14(19)11(2)6-4-7-12-8-5-9-13(10-12)15(16,17)18/h5,8-10H,2-4,6-7H2,1H3. The summed E-state index contributed by atoms with van der Waals surface area (Å²) in [5, 5.41) is 0. The Morgan fingerprint density at radius 3 is 2.65 bits per heavy atom. The molecule has 0 aromatic heterocycles. The fraction of sp³-hybridized carbons (Fsp3) is 0.400. The number of aryl methyl sites for hydroxylation is 1. The lowest BCUT2D eigenvalue weighted by Gasteiger charge is -2.09. The number of alkyl halides is 3. The first-order valence-electron chi connectivity index (χ1n) is 6.35. The molecule has 1 aromatic rings. The largest absolute Gasteiger partial charge is 0.463 e. The van der Waals surface area contributed by atoms with Crippen molar-refractivity contribution >= 4 is 5.97 Å². The second-order valence-corrected chi connectivity index (χ2v) is 4.38. The van der Waals surface area contributed by atoms with E-state index >= 15 is 0 Å². The lowest BCUT2D eigenvalue weighted by molar-refractivity contribution is -0.139. The Bertz CT molecular complexity index is 478. The molecule has 2 nitrogen and oxygen atoms in total. The molecule has 0 N–H and O–H groups in total. The molecule has 1 rings (SSSR count). The molecule has 1 aromatic carbocycles. The third-order valence-corrected chi connectivity index (χ3v) is 2.76. The number of carbonyl (C=O) groups excluding carboxylic acids is 1. The molecule has 0 bridgehead atoms.